The first kappa shape index (κ1) is 16.5. The Bertz CT molecular complexity index is 486. The number of benzene rings is 1. The fourth-order valence-electron chi connectivity index (χ4n) is 2.35. The third-order valence-corrected chi connectivity index (χ3v) is 4.97. The van der Waals surface area contributed by atoms with Crippen LogP contribution in [-0.4, -0.2) is 53.8 Å². The Labute approximate surface area is 146 Å². The number of rotatable bonds is 3. The second kappa shape index (κ2) is 7.96. The van der Waals surface area contributed by atoms with E-state index >= 15 is 0 Å². The molecule has 6 heteroatoms. The molecule has 0 atom stereocenters. The molecule has 1 aliphatic rings. The molecule has 0 aliphatic carbocycles. The van der Waals surface area contributed by atoms with Crippen molar-refractivity contribution in [1.82, 2.24) is 9.80 Å². The second-order valence-corrected chi connectivity index (χ2v) is 7.19. The van der Waals surface area contributed by atoms with E-state index in [1.807, 2.05) is 17.0 Å². The molecule has 1 aliphatic heterocycles. The van der Waals surface area contributed by atoms with E-state index in [4.69, 9.17) is 11.6 Å². The first-order chi connectivity index (χ1) is 9.61. The highest BCUT2D eigenvalue weighted by molar-refractivity contribution is 14.1. The SMILES string of the molecule is O=C(c1cc(Cl)ccc1I)N1CCCN(CCBr)CC1. The van der Waals surface area contributed by atoms with Gasteiger partial charge in [-0.3, -0.25) is 4.79 Å². The summed E-state index contributed by atoms with van der Waals surface area (Å²) in [5.74, 6) is 0.0950. The van der Waals surface area contributed by atoms with E-state index in [0.29, 0.717) is 10.6 Å². The summed E-state index contributed by atoms with van der Waals surface area (Å²) < 4.78 is 0.957. The lowest BCUT2D eigenvalue weighted by Crippen LogP contribution is -2.36. The zero-order valence-corrected chi connectivity index (χ0v) is 15.6. The predicted molar refractivity (Wildman–Crippen MR) is 94.9 cm³/mol. The van der Waals surface area contributed by atoms with Gasteiger partial charge in [0.15, 0.2) is 0 Å². The number of amides is 1. The lowest BCUT2D eigenvalue weighted by molar-refractivity contribution is 0.0761. The van der Waals surface area contributed by atoms with Crippen LogP contribution >= 0.6 is 50.1 Å². The van der Waals surface area contributed by atoms with Gasteiger partial charge in [0.05, 0.1) is 5.56 Å². The molecule has 1 aromatic carbocycles. The summed E-state index contributed by atoms with van der Waals surface area (Å²) in [7, 11) is 0. The number of carbonyl (C=O) groups excluding carboxylic acids is 1. The van der Waals surface area contributed by atoms with Crippen LogP contribution in [0.25, 0.3) is 0 Å². The Kier molecular flexibility index (Phi) is 6.58. The van der Waals surface area contributed by atoms with Crippen LogP contribution in [0.5, 0.6) is 0 Å². The Morgan fingerprint density at radius 2 is 2.10 bits per heavy atom. The molecule has 1 amide bonds. The zero-order valence-electron chi connectivity index (χ0n) is 11.1. The third kappa shape index (κ3) is 4.32. The van der Waals surface area contributed by atoms with Gasteiger partial charge in [-0.2, -0.15) is 0 Å². The van der Waals surface area contributed by atoms with E-state index in [0.717, 1.165) is 48.0 Å². The molecule has 0 saturated carbocycles. The van der Waals surface area contributed by atoms with Crippen molar-refractivity contribution in [2.24, 2.45) is 0 Å². The maximum absolute atomic E-state index is 12.6. The standard InChI is InChI=1S/C14H17BrClIN2O/c15-4-7-18-5-1-6-19(9-8-18)14(20)12-10-11(16)2-3-13(12)17/h2-3,10H,1,4-9H2. The zero-order chi connectivity index (χ0) is 14.5. The Hall–Kier alpha value is 0.150. The van der Waals surface area contributed by atoms with Gasteiger partial charge in [0.25, 0.3) is 5.91 Å². The smallest absolute Gasteiger partial charge is 0.255 e. The van der Waals surface area contributed by atoms with Crippen molar-refractivity contribution in [3.63, 3.8) is 0 Å². The van der Waals surface area contributed by atoms with Crippen molar-refractivity contribution >= 4 is 56.0 Å². The van der Waals surface area contributed by atoms with Gasteiger partial charge in [-0.1, -0.05) is 27.5 Å². The van der Waals surface area contributed by atoms with E-state index in [2.05, 4.69) is 43.4 Å². The highest BCUT2D eigenvalue weighted by Crippen LogP contribution is 2.20. The summed E-state index contributed by atoms with van der Waals surface area (Å²) in [6, 6.07) is 5.48. The largest absolute Gasteiger partial charge is 0.337 e. The van der Waals surface area contributed by atoms with E-state index in [1.165, 1.54) is 0 Å². The summed E-state index contributed by atoms with van der Waals surface area (Å²) in [6.07, 6.45) is 1.02. The Morgan fingerprint density at radius 3 is 2.85 bits per heavy atom. The molecule has 1 aromatic rings. The van der Waals surface area contributed by atoms with Crippen molar-refractivity contribution in [2.45, 2.75) is 6.42 Å². The summed E-state index contributed by atoms with van der Waals surface area (Å²) in [5, 5.41) is 1.59. The average Bonchev–Trinajstić information content (AvgIpc) is 2.67. The van der Waals surface area contributed by atoms with Crippen LogP contribution in [0, 0.1) is 3.57 Å². The normalized spacial score (nSPS) is 17.1. The van der Waals surface area contributed by atoms with Gasteiger partial charge in [0.1, 0.15) is 0 Å². The second-order valence-electron chi connectivity index (χ2n) is 4.80. The maximum Gasteiger partial charge on any atom is 0.255 e. The molecule has 2 rings (SSSR count). The molecule has 1 fully saturated rings. The Morgan fingerprint density at radius 1 is 1.30 bits per heavy atom. The quantitative estimate of drug-likeness (QED) is 0.498. The first-order valence-corrected chi connectivity index (χ1v) is 9.22. The van der Waals surface area contributed by atoms with Gasteiger partial charge in [-0.25, -0.2) is 0 Å². The van der Waals surface area contributed by atoms with Crippen LogP contribution in [0.2, 0.25) is 5.02 Å². The molecule has 0 spiro atoms. The minimum absolute atomic E-state index is 0.0950. The highest BCUT2D eigenvalue weighted by atomic mass is 127. The number of hydrogen-bond donors (Lipinski definition) is 0. The van der Waals surface area contributed by atoms with Crippen LogP contribution in [0.15, 0.2) is 18.2 Å². The molecular weight excluding hydrogens is 454 g/mol. The molecule has 0 unspecified atom stereocenters. The third-order valence-electron chi connectivity index (χ3n) is 3.44. The van der Waals surface area contributed by atoms with Gasteiger partial charge in [-0.15, -0.1) is 0 Å². The van der Waals surface area contributed by atoms with Gasteiger partial charge in [-0.05, 0) is 53.8 Å². The number of alkyl halides is 1. The van der Waals surface area contributed by atoms with Crippen molar-refractivity contribution in [3.8, 4) is 0 Å². The van der Waals surface area contributed by atoms with Gasteiger partial charge < -0.3 is 9.80 Å². The molecule has 3 nitrogen and oxygen atoms in total. The minimum Gasteiger partial charge on any atom is -0.337 e. The molecule has 0 bridgehead atoms. The van der Waals surface area contributed by atoms with Crippen LogP contribution in [0.3, 0.4) is 0 Å². The van der Waals surface area contributed by atoms with E-state index in [9.17, 15) is 4.79 Å². The van der Waals surface area contributed by atoms with E-state index < -0.39 is 0 Å². The van der Waals surface area contributed by atoms with Crippen molar-refractivity contribution in [1.29, 1.82) is 0 Å². The van der Waals surface area contributed by atoms with E-state index in [1.54, 1.807) is 6.07 Å². The van der Waals surface area contributed by atoms with Crippen molar-refractivity contribution in [2.75, 3.05) is 38.1 Å². The fourth-order valence-corrected chi connectivity index (χ4v) is 3.59. The summed E-state index contributed by atoms with van der Waals surface area (Å²) in [5.41, 5.74) is 0.715. The lowest BCUT2D eigenvalue weighted by Gasteiger charge is -2.22. The van der Waals surface area contributed by atoms with Crippen LogP contribution in [0.1, 0.15) is 16.8 Å². The number of nitrogens with zero attached hydrogens (tertiary/aromatic N) is 2. The minimum atomic E-state index is 0.0950. The number of carbonyl (C=O) groups is 1. The van der Waals surface area contributed by atoms with E-state index in [-0.39, 0.29) is 5.91 Å². The molecule has 0 radical (unpaired) electrons. The van der Waals surface area contributed by atoms with Crippen LogP contribution in [0.4, 0.5) is 0 Å². The monoisotopic (exact) mass is 470 g/mol. The summed E-state index contributed by atoms with van der Waals surface area (Å²) >= 11 is 11.7. The predicted octanol–water partition coefficient (Wildman–Crippen LogP) is 3.49. The molecule has 20 heavy (non-hydrogen) atoms. The van der Waals surface area contributed by atoms with Gasteiger partial charge >= 0.3 is 0 Å². The molecule has 0 N–H and O–H groups in total. The topological polar surface area (TPSA) is 23.6 Å². The molecule has 110 valence electrons. The first-order valence-electron chi connectivity index (χ1n) is 6.64. The van der Waals surface area contributed by atoms with Crippen molar-refractivity contribution < 1.29 is 4.79 Å². The molecule has 1 heterocycles. The summed E-state index contributed by atoms with van der Waals surface area (Å²) in [4.78, 5) is 17.0. The fraction of sp³-hybridized carbons (Fsp3) is 0.500. The Balaban J connectivity index is 2.07. The average molecular weight is 472 g/mol. The van der Waals surface area contributed by atoms with Crippen LogP contribution < -0.4 is 0 Å². The molecule has 0 aromatic heterocycles. The molecule has 1 saturated heterocycles. The lowest BCUT2D eigenvalue weighted by atomic mass is 10.2. The maximum atomic E-state index is 12.6. The van der Waals surface area contributed by atoms with Gasteiger partial charge in [0.2, 0.25) is 0 Å². The van der Waals surface area contributed by atoms with Gasteiger partial charge in [0, 0.05) is 40.1 Å². The van der Waals surface area contributed by atoms with Crippen molar-refractivity contribution in [3.05, 3.63) is 32.4 Å². The molecular formula is C14H17BrClIN2O. The van der Waals surface area contributed by atoms with Crippen LogP contribution in [-0.2, 0) is 0 Å². The summed E-state index contributed by atoms with van der Waals surface area (Å²) in [6.45, 7) is 4.64. The number of halogens is 3. The number of hydrogen-bond acceptors (Lipinski definition) is 2. The highest BCUT2D eigenvalue weighted by Gasteiger charge is 2.21.